The van der Waals surface area contributed by atoms with E-state index >= 15 is 0 Å². The van der Waals surface area contributed by atoms with Crippen LogP contribution >= 0.6 is 0 Å². The molecular weight excluding hydrogens is 340 g/mol. The van der Waals surface area contributed by atoms with Gasteiger partial charge in [-0.15, -0.1) is 0 Å². The number of rotatable bonds is 3. The molecular formula is C26H34Si. The van der Waals surface area contributed by atoms with Crippen molar-refractivity contribution >= 4 is 19.2 Å². The summed E-state index contributed by atoms with van der Waals surface area (Å²) in [6, 6.07) is 14.4. The number of benzene rings is 2. The van der Waals surface area contributed by atoms with Gasteiger partial charge in [-0.05, 0) is 66.5 Å². The Morgan fingerprint density at radius 2 is 0.815 bits per heavy atom. The summed E-state index contributed by atoms with van der Waals surface area (Å²) >= 11 is 0. The molecule has 0 heterocycles. The third-order valence-corrected chi connectivity index (χ3v) is 11.0. The van der Waals surface area contributed by atoms with Crippen molar-refractivity contribution in [1.82, 2.24) is 0 Å². The molecule has 0 atom stereocenters. The van der Waals surface area contributed by atoms with Gasteiger partial charge in [0.2, 0.25) is 0 Å². The lowest BCUT2D eigenvalue weighted by Gasteiger charge is -2.38. The van der Waals surface area contributed by atoms with Gasteiger partial charge in [-0.2, -0.15) is 0 Å². The molecule has 1 heteroatoms. The highest BCUT2D eigenvalue weighted by Gasteiger charge is 2.45. The van der Waals surface area contributed by atoms with Crippen molar-refractivity contribution in [3.8, 4) is 0 Å². The second-order valence-electron chi connectivity index (χ2n) is 8.98. The van der Waals surface area contributed by atoms with Crippen molar-refractivity contribution in [1.29, 1.82) is 0 Å². The minimum Gasteiger partial charge on any atom is -0.0624 e. The van der Waals surface area contributed by atoms with Crippen LogP contribution in [0, 0.1) is 27.7 Å². The summed E-state index contributed by atoms with van der Waals surface area (Å²) in [4.78, 5) is 0. The van der Waals surface area contributed by atoms with Crippen LogP contribution in [-0.4, -0.2) is 8.80 Å². The minimum absolute atomic E-state index is 0.147. The van der Waals surface area contributed by atoms with E-state index in [1.165, 1.54) is 33.4 Å². The molecule has 1 aliphatic carbocycles. The highest BCUT2D eigenvalue weighted by Crippen LogP contribution is 2.53. The second kappa shape index (κ2) is 6.94. The standard InChI is InChI=1S/C26H34Si/c1-16-10-17(2)13-24(12-16)27(25-14-18(3)11-19(4)15-25)26(9)22(7)20(5)21(6)23(26)8/h10-15,27H,1-9H3. The first-order valence-corrected chi connectivity index (χ1v) is 11.8. The van der Waals surface area contributed by atoms with E-state index in [4.69, 9.17) is 0 Å². The summed E-state index contributed by atoms with van der Waals surface area (Å²) in [5.41, 5.74) is 11.7. The minimum atomic E-state index is -1.54. The van der Waals surface area contributed by atoms with Crippen LogP contribution in [0.15, 0.2) is 58.7 Å². The summed E-state index contributed by atoms with van der Waals surface area (Å²) in [5.74, 6) is 0. The fraction of sp³-hybridized carbons (Fsp3) is 0.385. The van der Waals surface area contributed by atoms with E-state index in [2.05, 4.69) is 98.7 Å². The van der Waals surface area contributed by atoms with Crippen molar-refractivity contribution in [2.45, 2.75) is 67.4 Å². The lowest BCUT2D eigenvalue weighted by molar-refractivity contribution is 0.824. The lowest BCUT2D eigenvalue weighted by Crippen LogP contribution is -2.52. The Balaban J connectivity index is 2.35. The van der Waals surface area contributed by atoms with Gasteiger partial charge >= 0.3 is 0 Å². The summed E-state index contributed by atoms with van der Waals surface area (Å²) in [6.07, 6.45) is 0. The Bertz CT molecular complexity index is 856. The van der Waals surface area contributed by atoms with E-state index in [1.807, 2.05) is 0 Å². The fourth-order valence-electron chi connectivity index (χ4n) is 5.27. The maximum absolute atomic E-state index is 2.52. The molecule has 1 aliphatic rings. The number of allylic oxidation sites excluding steroid dienone is 4. The Morgan fingerprint density at radius 3 is 1.11 bits per heavy atom. The summed E-state index contributed by atoms with van der Waals surface area (Å²) in [6.45, 7) is 20.8. The molecule has 0 fully saturated rings. The Morgan fingerprint density at radius 1 is 0.519 bits per heavy atom. The smallest absolute Gasteiger partial charge is 0.0624 e. The van der Waals surface area contributed by atoms with Crippen LogP contribution in [0.1, 0.15) is 56.9 Å². The largest absolute Gasteiger partial charge is 0.116 e. The van der Waals surface area contributed by atoms with Crippen molar-refractivity contribution in [2.75, 3.05) is 0 Å². The van der Waals surface area contributed by atoms with Crippen LogP contribution in [0.2, 0.25) is 5.04 Å². The van der Waals surface area contributed by atoms with Gasteiger partial charge in [0, 0.05) is 5.04 Å². The highest BCUT2D eigenvalue weighted by atomic mass is 28.3. The van der Waals surface area contributed by atoms with Crippen LogP contribution in [0.25, 0.3) is 0 Å². The van der Waals surface area contributed by atoms with Crippen LogP contribution in [0.5, 0.6) is 0 Å². The Labute approximate surface area is 167 Å². The topological polar surface area (TPSA) is 0 Å². The zero-order valence-electron chi connectivity index (χ0n) is 18.5. The molecule has 0 saturated heterocycles. The molecule has 0 spiro atoms. The molecule has 3 rings (SSSR count). The van der Waals surface area contributed by atoms with E-state index in [-0.39, 0.29) is 5.04 Å². The summed E-state index contributed by atoms with van der Waals surface area (Å²) in [5, 5.41) is 3.29. The molecule has 142 valence electrons. The molecule has 0 bridgehead atoms. The van der Waals surface area contributed by atoms with E-state index in [0.717, 1.165) is 0 Å². The van der Waals surface area contributed by atoms with Gasteiger partial charge in [-0.1, -0.05) is 87.1 Å². The first-order chi connectivity index (χ1) is 12.6. The van der Waals surface area contributed by atoms with Gasteiger partial charge in [0.25, 0.3) is 0 Å². The average molecular weight is 375 g/mol. The van der Waals surface area contributed by atoms with Crippen LogP contribution in [-0.2, 0) is 0 Å². The van der Waals surface area contributed by atoms with Gasteiger partial charge in [-0.25, -0.2) is 0 Å². The first kappa shape index (κ1) is 19.9. The summed E-state index contributed by atoms with van der Waals surface area (Å²) in [7, 11) is -1.54. The molecule has 0 radical (unpaired) electrons. The molecule has 2 aromatic carbocycles. The van der Waals surface area contributed by atoms with E-state index < -0.39 is 8.80 Å². The Kier molecular flexibility index (Phi) is 5.11. The van der Waals surface area contributed by atoms with Gasteiger partial charge < -0.3 is 0 Å². The summed E-state index contributed by atoms with van der Waals surface area (Å²) < 4.78 is 0. The first-order valence-electron chi connectivity index (χ1n) is 10.1. The number of hydrogen-bond acceptors (Lipinski definition) is 0. The van der Waals surface area contributed by atoms with Crippen molar-refractivity contribution in [2.24, 2.45) is 0 Å². The second-order valence-corrected chi connectivity index (χ2v) is 12.3. The Hall–Kier alpha value is -1.86. The molecule has 0 amide bonds. The maximum Gasteiger partial charge on any atom is 0.116 e. The molecule has 0 saturated carbocycles. The predicted molar refractivity (Wildman–Crippen MR) is 123 cm³/mol. The third kappa shape index (κ3) is 3.27. The van der Waals surface area contributed by atoms with Gasteiger partial charge in [0.1, 0.15) is 8.80 Å². The normalized spacial score (nSPS) is 16.7. The number of hydrogen-bond donors (Lipinski definition) is 0. The molecule has 27 heavy (non-hydrogen) atoms. The molecule has 0 aliphatic heterocycles. The predicted octanol–water partition coefficient (Wildman–Crippen LogP) is 5.71. The van der Waals surface area contributed by atoms with Crippen molar-refractivity contribution in [3.05, 3.63) is 80.9 Å². The monoisotopic (exact) mass is 374 g/mol. The molecule has 2 aromatic rings. The van der Waals surface area contributed by atoms with E-state index in [0.29, 0.717) is 0 Å². The van der Waals surface area contributed by atoms with E-state index in [1.54, 1.807) is 21.5 Å². The van der Waals surface area contributed by atoms with Crippen LogP contribution < -0.4 is 10.4 Å². The van der Waals surface area contributed by atoms with E-state index in [9.17, 15) is 0 Å². The van der Waals surface area contributed by atoms with Gasteiger partial charge in [0.15, 0.2) is 0 Å². The molecule has 0 N–H and O–H groups in total. The molecule has 0 nitrogen and oxygen atoms in total. The molecule has 0 aromatic heterocycles. The average Bonchev–Trinajstić information content (AvgIpc) is 2.70. The number of aryl methyl sites for hydroxylation is 4. The van der Waals surface area contributed by atoms with Crippen LogP contribution in [0.4, 0.5) is 0 Å². The molecule has 0 unspecified atom stereocenters. The van der Waals surface area contributed by atoms with Crippen molar-refractivity contribution < 1.29 is 0 Å². The zero-order valence-corrected chi connectivity index (χ0v) is 19.7. The van der Waals surface area contributed by atoms with Crippen molar-refractivity contribution in [3.63, 3.8) is 0 Å². The highest BCUT2D eigenvalue weighted by molar-refractivity contribution is 6.88. The quantitative estimate of drug-likeness (QED) is 0.604. The zero-order chi connectivity index (χ0) is 20.1. The third-order valence-electron chi connectivity index (χ3n) is 6.98. The lowest BCUT2D eigenvalue weighted by atomic mass is 9.98. The SMILES string of the molecule is CC1=C(C)C(C)([SiH](c2cc(C)cc(C)c2)c2cc(C)cc(C)c2)C(C)=C1C. The van der Waals surface area contributed by atoms with Gasteiger partial charge in [-0.3, -0.25) is 0 Å². The van der Waals surface area contributed by atoms with Gasteiger partial charge in [0.05, 0.1) is 0 Å². The maximum atomic E-state index is 2.52. The van der Waals surface area contributed by atoms with Crippen LogP contribution in [0.3, 0.4) is 0 Å². The fourth-order valence-corrected chi connectivity index (χ4v) is 10.0.